The van der Waals surface area contributed by atoms with E-state index in [4.69, 9.17) is 10.2 Å². The first-order chi connectivity index (χ1) is 5.91. The van der Waals surface area contributed by atoms with Crippen LogP contribution in [0.2, 0.25) is 0 Å². The minimum Gasteiger partial charge on any atom is -0.452 e. The van der Waals surface area contributed by atoms with Crippen molar-refractivity contribution in [1.82, 2.24) is 10.3 Å². The van der Waals surface area contributed by atoms with E-state index in [-0.39, 0.29) is 13.2 Å². The summed E-state index contributed by atoms with van der Waals surface area (Å²) in [4.78, 5) is 3.56. The van der Waals surface area contributed by atoms with E-state index in [9.17, 15) is 0 Å². The minimum atomic E-state index is 0.139. The van der Waals surface area contributed by atoms with E-state index in [1.54, 1.807) is 6.20 Å². The number of nitrogens with zero attached hydrogens (tertiary/aromatic N) is 1. The van der Waals surface area contributed by atoms with Gasteiger partial charge in [-0.25, -0.2) is 4.98 Å². The molecule has 1 heterocycles. The van der Waals surface area contributed by atoms with Gasteiger partial charge in [0.2, 0.25) is 0 Å². The molecule has 5 nitrogen and oxygen atoms in total. The maximum Gasteiger partial charge on any atom is 0.180 e. The molecule has 0 saturated carbocycles. The maximum atomic E-state index is 8.15. The summed E-state index contributed by atoms with van der Waals surface area (Å²) in [7, 11) is 0. The Hall–Kier alpha value is -0.910. The van der Waals surface area contributed by atoms with E-state index in [1.807, 2.05) is 0 Å². The van der Waals surface area contributed by atoms with Gasteiger partial charge >= 0.3 is 0 Å². The fourth-order valence-electron chi connectivity index (χ4n) is 0.459. The van der Waals surface area contributed by atoms with Gasteiger partial charge in [-0.1, -0.05) is 0 Å². The van der Waals surface area contributed by atoms with Crippen LogP contribution in [0, 0.1) is 0 Å². The van der Waals surface area contributed by atoms with E-state index in [0.29, 0.717) is 13.1 Å². The lowest BCUT2D eigenvalue weighted by molar-refractivity contribution is 0.267. The highest BCUT2D eigenvalue weighted by Crippen LogP contribution is 1.72. The van der Waals surface area contributed by atoms with Gasteiger partial charge < -0.3 is 19.9 Å². The van der Waals surface area contributed by atoms with Crippen LogP contribution in [-0.4, -0.2) is 41.5 Å². The zero-order chi connectivity index (χ0) is 9.07. The molecule has 1 aromatic heterocycles. The first-order valence-electron chi connectivity index (χ1n) is 3.66. The Morgan fingerprint density at radius 2 is 1.92 bits per heavy atom. The summed E-state index contributed by atoms with van der Waals surface area (Å²) < 4.78 is 4.47. The summed E-state index contributed by atoms with van der Waals surface area (Å²) in [5, 5.41) is 19.1. The van der Waals surface area contributed by atoms with Crippen LogP contribution in [0.1, 0.15) is 0 Å². The highest BCUT2D eigenvalue weighted by atomic mass is 16.3. The standard InChI is InChI=1S/C4H11NO2.C3H3NO/c6-3-1-5-2-4-7;1-2-5-3-4-1/h5-7H,1-4H2;1-3H. The van der Waals surface area contributed by atoms with E-state index >= 15 is 0 Å². The van der Waals surface area contributed by atoms with Crippen LogP contribution < -0.4 is 5.32 Å². The fourth-order valence-corrected chi connectivity index (χ4v) is 0.459. The SMILES string of the molecule is OCCNCCO.c1cocn1. The van der Waals surface area contributed by atoms with Crippen LogP contribution in [0.25, 0.3) is 0 Å². The second-order valence-electron chi connectivity index (χ2n) is 1.87. The molecule has 0 amide bonds. The summed E-state index contributed by atoms with van der Waals surface area (Å²) in [6, 6.07) is 0. The Balaban J connectivity index is 0.000000211. The van der Waals surface area contributed by atoms with Crippen molar-refractivity contribution in [3.05, 3.63) is 18.9 Å². The van der Waals surface area contributed by atoms with Gasteiger partial charge in [0.1, 0.15) is 6.26 Å². The van der Waals surface area contributed by atoms with Crippen molar-refractivity contribution in [1.29, 1.82) is 0 Å². The Morgan fingerprint density at radius 3 is 2.17 bits per heavy atom. The van der Waals surface area contributed by atoms with Crippen LogP contribution in [0.15, 0.2) is 23.3 Å². The third kappa shape index (κ3) is 9.09. The summed E-state index contributed by atoms with van der Waals surface area (Å²) in [6.45, 7) is 1.42. The molecule has 0 aliphatic heterocycles. The number of hydrogen-bond donors (Lipinski definition) is 3. The molecule has 0 spiro atoms. The second-order valence-corrected chi connectivity index (χ2v) is 1.87. The number of hydrogen-bond acceptors (Lipinski definition) is 5. The predicted molar refractivity (Wildman–Crippen MR) is 43.5 cm³/mol. The van der Waals surface area contributed by atoms with Gasteiger partial charge in [0.05, 0.1) is 19.4 Å². The second kappa shape index (κ2) is 10.1. The quantitative estimate of drug-likeness (QED) is 0.523. The number of aromatic nitrogens is 1. The zero-order valence-electron chi connectivity index (χ0n) is 6.81. The van der Waals surface area contributed by atoms with E-state index in [2.05, 4.69) is 14.7 Å². The zero-order valence-corrected chi connectivity index (χ0v) is 6.81. The molecule has 0 aliphatic carbocycles. The first-order valence-corrected chi connectivity index (χ1v) is 3.66. The molecule has 1 aromatic rings. The molecule has 0 radical (unpaired) electrons. The van der Waals surface area contributed by atoms with E-state index < -0.39 is 0 Å². The van der Waals surface area contributed by atoms with Gasteiger partial charge in [0.15, 0.2) is 6.39 Å². The van der Waals surface area contributed by atoms with Gasteiger partial charge in [-0.05, 0) is 0 Å². The molecule has 0 aromatic carbocycles. The molecule has 0 unspecified atom stereocenters. The predicted octanol–water partition coefficient (Wildman–Crippen LogP) is -0.765. The van der Waals surface area contributed by atoms with E-state index in [1.165, 1.54) is 12.7 Å². The molecule has 0 atom stereocenters. The van der Waals surface area contributed by atoms with Crippen molar-refractivity contribution in [2.24, 2.45) is 0 Å². The largest absolute Gasteiger partial charge is 0.452 e. The van der Waals surface area contributed by atoms with Gasteiger partial charge in [0.25, 0.3) is 0 Å². The molecule has 5 heteroatoms. The summed E-state index contributed by atoms with van der Waals surface area (Å²) in [5.41, 5.74) is 0. The van der Waals surface area contributed by atoms with Crippen LogP contribution in [-0.2, 0) is 0 Å². The van der Waals surface area contributed by atoms with Gasteiger partial charge in [-0.3, -0.25) is 0 Å². The van der Waals surface area contributed by atoms with Crippen LogP contribution >= 0.6 is 0 Å². The van der Waals surface area contributed by atoms with Crippen LogP contribution in [0.5, 0.6) is 0 Å². The molecule has 0 bridgehead atoms. The van der Waals surface area contributed by atoms with Gasteiger partial charge in [-0.2, -0.15) is 0 Å². The fraction of sp³-hybridized carbons (Fsp3) is 0.571. The third-order valence-corrected chi connectivity index (χ3v) is 0.924. The smallest absolute Gasteiger partial charge is 0.180 e. The third-order valence-electron chi connectivity index (χ3n) is 0.924. The molecule has 70 valence electrons. The Labute approximate surface area is 71.0 Å². The summed E-state index contributed by atoms with van der Waals surface area (Å²) >= 11 is 0. The van der Waals surface area contributed by atoms with Crippen LogP contribution in [0.4, 0.5) is 0 Å². The summed E-state index contributed by atoms with van der Waals surface area (Å²) in [5.74, 6) is 0. The van der Waals surface area contributed by atoms with Crippen molar-refractivity contribution in [3.8, 4) is 0 Å². The van der Waals surface area contributed by atoms with E-state index in [0.717, 1.165) is 0 Å². The lowest BCUT2D eigenvalue weighted by Crippen LogP contribution is -2.21. The Morgan fingerprint density at radius 1 is 1.25 bits per heavy atom. The molecular formula is C7H14N2O3. The minimum absolute atomic E-state index is 0.139. The highest BCUT2D eigenvalue weighted by molar-refractivity contribution is 4.56. The monoisotopic (exact) mass is 174 g/mol. The molecule has 0 saturated heterocycles. The Kier molecular flexibility index (Phi) is 9.32. The topological polar surface area (TPSA) is 78.5 Å². The van der Waals surface area contributed by atoms with Crippen molar-refractivity contribution in [3.63, 3.8) is 0 Å². The lowest BCUT2D eigenvalue weighted by Gasteiger charge is -1.94. The highest BCUT2D eigenvalue weighted by Gasteiger charge is 1.78. The van der Waals surface area contributed by atoms with Gasteiger partial charge in [-0.15, -0.1) is 0 Å². The van der Waals surface area contributed by atoms with Crippen molar-refractivity contribution >= 4 is 0 Å². The molecule has 3 N–H and O–H groups in total. The maximum absolute atomic E-state index is 8.15. The van der Waals surface area contributed by atoms with Crippen LogP contribution in [0.3, 0.4) is 0 Å². The number of oxazole rings is 1. The first kappa shape index (κ1) is 11.1. The molecule has 0 aliphatic rings. The average molecular weight is 174 g/mol. The number of aliphatic hydroxyl groups excluding tert-OH is 2. The number of nitrogens with one attached hydrogen (secondary N) is 1. The lowest BCUT2D eigenvalue weighted by atomic mass is 10.6. The molecular weight excluding hydrogens is 160 g/mol. The van der Waals surface area contributed by atoms with Crippen molar-refractivity contribution < 1.29 is 14.6 Å². The average Bonchev–Trinajstić information content (AvgIpc) is 2.62. The van der Waals surface area contributed by atoms with Crippen molar-refractivity contribution in [2.45, 2.75) is 0 Å². The normalized spacial score (nSPS) is 8.83. The molecule has 12 heavy (non-hydrogen) atoms. The number of rotatable bonds is 4. The molecule has 1 rings (SSSR count). The molecule has 0 fully saturated rings. The van der Waals surface area contributed by atoms with Crippen molar-refractivity contribution in [2.75, 3.05) is 26.3 Å². The van der Waals surface area contributed by atoms with Gasteiger partial charge in [0, 0.05) is 13.1 Å². The summed E-state index contributed by atoms with van der Waals surface area (Å²) in [6.07, 6.45) is 4.47. The Bertz CT molecular complexity index is 123. The number of aliphatic hydroxyl groups is 2.